The summed E-state index contributed by atoms with van der Waals surface area (Å²) in [5.74, 6) is -1.12. The van der Waals surface area contributed by atoms with Crippen LogP contribution in [0.2, 0.25) is 0 Å². The summed E-state index contributed by atoms with van der Waals surface area (Å²) < 4.78 is 24.4. The minimum absolute atomic E-state index is 0.164. The van der Waals surface area contributed by atoms with Crippen LogP contribution in [0.1, 0.15) is 21.5 Å². The number of allylic oxidation sites excluding steroid dienone is 1. The van der Waals surface area contributed by atoms with E-state index in [1.807, 2.05) is 6.07 Å². The molecule has 4 rings (SSSR count). The van der Waals surface area contributed by atoms with Crippen LogP contribution in [0, 0.1) is 17.1 Å². The average molecular weight is 411 g/mol. The zero-order valence-corrected chi connectivity index (χ0v) is 16.0. The molecule has 0 saturated heterocycles. The lowest BCUT2D eigenvalue weighted by atomic mass is 10.0. The van der Waals surface area contributed by atoms with Crippen LogP contribution in [-0.4, -0.2) is 5.97 Å². The summed E-state index contributed by atoms with van der Waals surface area (Å²) in [5, 5.41) is 9.98. The number of nitrogens with zero attached hydrogens (tertiary/aromatic N) is 1. The number of fused-ring (bicyclic) bond motifs is 1. The predicted molar refractivity (Wildman–Crippen MR) is 114 cm³/mol. The molecule has 0 N–H and O–H groups in total. The molecule has 0 amide bonds. The standard InChI is InChI=1S/C25H14FNO4/c26-22-7-3-2-6-20(22)18(15-27)13-16-9-11-19(12-10-16)30-24(28)21-14-17-5-1-4-8-23(17)31-25(21)29/h1-14H/b18-13-. The van der Waals surface area contributed by atoms with Gasteiger partial charge in [0, 0.05) is 10.9 Å². The number of hydrogen-bond donors (Lipinski definition) is 0. The van der Waals surface area contributed by atoms with Crippen LogP contribution < -0.4 is 10.4 Å². The number of hydrogen-bond acceptors (Lipinski definition) is 5. The Morgan fingerprint density at radius 1 is 0.968 bits per heavy atom. The van der Waals surface area contributed by atoms with Gasteiger partial charge < -0.3 is 9.15 Å². The summed E-state index contributed by atoms with van der Waals surface area (Å²) in [6.07, 6.45) is 1.53. The van der Waals surface area contributed by atoms with E-state index < -0.39 is 17.4 Å². The normalized spacial score (nSPS) is 11.2. The number of esters is 1. The Balaban J connectivity index is 1.56. The Hall–Kier alpha value is -4.50. The third-order valence-electron chi connectivity index (χ3n) is 4.55. The topological polar surface area (TPSA) is 80.3 Å². The number of nitriles is 1. The van der Waals surface area contributed by atoms with E-state index in [1.54, 1.807) is 48.5 Å². The number of para-hydroxylation sites is 1. The van der Waals surface area contributed by atoms with Gasteiger partial charge >= 0.3 is 11.6 Å². The first-order valence-corrected chi connectivity index (χ1v) is 9.27. The molecule has 0 unspecified atom stereocenters. The summed E-state index contributed by atoms with van der Waals surface area (Å²) >= 11 is 0. The highest BCUT2D eigenvalue weighted by atomic mass is 19.1. The molecule has 0 aliphatic carbocycles. The quantitative estimate of drug-likeness (QED) is 0.151. The lowest BCUT2D eigenvalue weighted by Crippen LogP contribution is -2.18. The van der Waals surface area contributed by atoms with Crippen LogP contribution in [0.25, 0.3) is 22.6 Å². The Labute approximate surface area is 176 Å². The molecule has 0 spiro atoms. The first-order valence-electron chi connectivity index (χ1n) is 9.27. The number of halogens is 1. The number of ether oxygens (including phenoxy) is 1. The van der Waals surface area contributed by atoms with Gasteiger partial charge in [-0.15, -0.1) is 0 Å². The highest BCUT2D eigenvalue weighted by Gasteiger charge is 2.16. The van der Waals surface area contributed by atoms with Crippen molar-refractivity contribution in [2.75, 3.05) is 0 Å². The molecule has 150 valence electrons. The van der Waals surface area contributed by atoms with Gasteiger partial charge in [-0.3, -0.25) is 0 Å². The van der Waals surface area contributed by atoms with E-state index in [4.69, 9.17) is 9.15 Å². The van der Waals surface area contributed by atoms with Crippen molar-refractivity contribution in [1.82, 2.24) is 0 Å². The van der Waals surface area contributed by atoms with Crippen molar-refractivity contribution in [2.24, 2.45) is 0 Å². The fraction of sp³-hybridized carbons (Fsp3) is 0. The molecule has 0 saturated carbocycles. The first kappa shape index (κ1) is 19.8. The van der Waals surface area contributed by atoms with Gasteiger partial charge in [0.25, 0.3) is 0 Å². The zero-order chi connectivity index (χ0) is 21.8. The van der Waals surface area contributed by atoms with E-state index in [-0.39, 0.29) is 22.4 Å². The van der Waals surface area contributed by atoms with E-state index in [2.05, 4.69) is 0 Å². The number of carbonyl (C=O) groups is 1. The molecule has 3 aromatic carbocycles. The SMILES string of the molecule is N#C/C(=C/c1ccc(OC(=O)c2cc3ccccc3oc2=O)cc1)c1ccccc1F. The molecule has 6 heteroatoms. The molecule has 0 atom stereocenters. The molecule has 0 fully saturated rings. The number of benzene rings is 3. The van der Waals surface area contributed by atoms with Gasteiger partial charge in [0.05, 0.1) is 11.6 Å². The maximum atomic E-state index is 13.9. The fourth-order valence-corrected chi connectivity index (χ4v) is 3.01. The predicted octanol–water partition coefficient (Wildman–Crippen LogP) is 5.22. The largest absolute Gasteiger partial charge is 0.423 e. The van der Waals surface area contributed by atoms with Crippen molar-refractivity contribution in [1.29, 1.82) is 5.26 Å². The third kappa shape index (κ3) is 4.26. The van der Waals surface area contributed by atoms with Gasteiger partial charge in [0.2, 0.25) is 0 Å². The highest BCUT2D eigenvalue weighted by Crippen LogP contribution is 2.22. The van der Waals surface area contributed by atoms with Crippen LogP contribution in [0.4, 0.5) is 4.39 Å². The second-order valence-corrected chi connectivity index (χ2v) is 6.59. The van der Waals surface area contributed by atoms with Gasteiger partial charge in [0.1, 0.15) is 22.7 Å². The third-order valence-corrected chi connectivity index (χ3v) is 4.55. The lowest BCUT2D eigenvalue weighted by molar-refractivity contribution is 0.0730. The van der Waals surface area contributed by atoms with Gasteiger partial charge in [-0.05, 0) is 42.0 Å². The van der Waals surface area contributed by atoms with Crippen molar-refractivity contribution in [3.8, 4) is 11.8 Å². The van der Waals surface area contributed by atoms with Gasteiger partial charge in [-0.1, -0.05) is 48.5 Å². The molecule has 4 aromatic rings. The van der Waals surface area contributed by atoms with E-state index in [9.17, 15) is 19.2 Å². The van der Waals surface area contributed by atoms with Gasteiger partial charge in [-0.25, -0.2) is 14.0 Å². The average Bonchev–Trinajstić information content (AvgIpc) is 2.78. The van der Waals surface area contributed by atoms with E-state index >= 15 is 0 Å². The molecule has 0 bridgehead atoms. The summed E-state index contributed by atoms with van der Waals surface area (Å²) in [7, 11) is 0. The number of carbonyl (C=O) groups excluding carboxylic acids is 1. The van der Waals surface area contributed by atoms with Crippen molar-refractivity contribution in [2.45, 2.75) is 0 Å². The Kier molecular flexibility index (Phi) is 5.41. The zero-order valence-electron chi connectivity index (χ0n) is 16.0. The monoisotopic (exact) mass is 411 g/mol. The maximum Gasteiger partial charge on any atom is 0.351 e. The van der Waals surface area contributed by atoms with Crippen LogP contribution in [0.3, 0.4) is 0 Å². The summed E-state index contributed by atoms with van der Waals surface area (Å²) in [6.45, 7) is 0. The second-order valence-electron chi connectivity index (χ2n) is 6.59. The molecule has 0 aliphatic heterocycles. The van der Waals surface area contributed by atoms with Crippen LogP contribution in [0.5, 0.6) is 5.75 Å². The van der Waals surface area contributed by atoms with Crippen LogP contribution >= 0.6 is 0 Å². The highest BCUT2D eigenvalue weighted by molar-refractivity contribution is 5.94. The van der Waals surface area contributed by atoms with Crippen molar-refractivity contribution >= 4 is 28.6 Å². The maximum absolute atomic E-state index is 13.9. The molecular weight excluding hydrogens is 397 g/mol. The minimum Gasteiger partial charge on any atom is -0.423 e. The number of rotatable bonds is 4. The van der Waals surface area contributed by atoms with Crippen molar-refractivity contribution in [3.63, 3.8) is 0 Å². The van der Waals surface area contributed by atoms with Crippen LogP contribution in [0.15, 0.2) is 88.1 Å². The molecule has 31 heavy (non-hydrogen) atoms. The fourth-order valence-electron chi connectivity index (χ4n) is 3.01. The molecule has 0 aliphatic rings. The molecule has 1 heterocycles. The molecule has 1 aromatic heterocycles. The molecule has 0 radical (unpaired) electrons. The summed E-state index contributed by atoms with van der Waals surface area (Å²) in [6, 6.07) is 22.5. The lowest BCUT2D eigenvalue weighted by Gasteiger charge is -2.05. The second kappa shape index (κ2) is 8.47. The Morgan fingerprint density at radius 2 is 1.68 bits per heavy atom. The van der Waals surface area contributed by atoms with Crippen LogP contribution in [-0.2, 0) is 0 Å². The van der Waals surface area contributed by atoms with Crippen molar-refractivity contribution < 1.29 is 18.3 Å². The summed E-state index contributed by atoms with van der Waals surface area (Å²) in [5.41, 5.74) is 0.356. The first-order chi connectivity index (χ1) is 15.0. The Morgan fingerprint density at radius 3 is 2.42 bits per heavy atom. The molecule has 5 nitrogen and oxygen atoms in total. The van der Waals surface area contributed by atoms with Gasteiger partial charge in [-0.2, -0.15) is 5.26 Å². The van der Waals surface area contributed by atoms with E-state index in [0.29, 0.717) is 16.5 Å². The van der Waals surface area contributed by atoms with E-state index in [1.165, 1.54) is 36.4 Å². The van der Waals surface area contributed by atoms with Crippen molar-refractivity contribution in [3.05, 3.63) is 112 Å². The Bertz CT molecular complexity index is 1410. The molecular formula is C25H14FNO4. The minimum atomic E-state index is -0.841. The van der Waals surface area contributed by atoms with E-state index in [0.717, 1.165) is 0 Å². The summed E-state index contributed by atoms with van der Waals surface area (Å²) in [4.78, 5) is 24.5. The van der Waals surface area contributed by atoms with Gasteiger partial charge in [0.15, 0.2) is 0 Å². The smallest absolute Gasteiger partial charge is 0.351 e.